The van der Waals surface area contributed by atoms with Crippen LogP contribution in [0.25, 0.3) is 0 Å². The molecule has 0 aromatic heterocycles. The third-order valence-electron chi connectivity index (χ3n) is 2.98. The minimum Gasteiger partial charge on any atom is -0.0925 e. The van der Waals surface area contributed by atoms with Crippen LogP contribution in [-0.2, 0) is 6.42 Å². The van der Waals surface area contributed by atoms with Crippen molar-refractivity contribution in [2.75, 3.05) is 5.33 Å². The Morgan fingerprint density at radius 1 is 1.06 bits per heavy atom. The van der Waals surface area contributed by atoms with E-state index in [0.717, 1.165) is 17.2 Å². The molecule has 0 nitrogen and oxygen atoms in total. The predicted octanol–water partition coefficient (Wildman–Crippen LogP) is 5.07. The van der Waals surface area contributed by atoms with Crippen molar-refractivity contribution in [1.82, 2.24) is 0 Å². The van der Waals surface area contributed by atoms with Crippen molar-refractivity contribution >= 4 is 15.9 Å². The Kier molecular flexibility index (Phi) is 6.79. The van der Waals surface area contributed by atoms with Crippen molar-refractivity contribution in [3.8, 4) is 0 Å². The maximum absolute atomic E-state index is 3.64. The van der Waals surface area contributed by atoms with Crippen LogP contribution in [0.15, 0.2) is 30.3 Å². The van der Waals surface area contributed by atoms with Gasteiger partial charge in [0.1, 0.15) is 0 Å². The molecule has 1 heteroatoms. The summed E-state index contributed by atoms with van der Waals surface area (Å²) >= 11 is 3.64. The lowest BCUT2D eigenvalue weighted by molar-refractivity contribution is 0.462. The predicted molar refractivity (Wildman–Crippen MR) is 76.1 cm³/mol. The minimum atomic E-state index is 0.793. The van der Waals surface area contributed by atoms with Crippen molar-refractivity contribution in [3.63, 3.8) is 0 Å². The second-order valence-corrected chi connectivity index (χ2v) is 5.68. The van der Waals surface area contributed by atoms with Crippen molar-refractivity contribution in [1.29, 1.82) is 0 Å². The van der Waals surface area contributed by atoms with E-state index in [4.69, 9.17) is 0 Å². The molecule has 0 fully saturated rings. The Balaban J connectivity index is 2.32. The normalized spacial score (nSPS) is 13.0. The lowest BCUT2D eigenvalue weighted by atomic mass is 9.94. The lowest BCUT2D eigenvalue weighted by Crippen LogP contribution is -2.06. The van der Waals surface area contributed by atoms with Gasteiger partial charge in [0.05, 0.1) is 0 Å². The smallest absolute Gasteiger partial charge is 0.00628 e. The summed E-state index contributed by atoms with van der Waals surface area (Å²) in [7, 11) is 0. The third-order valence-corrected chi connectivity index (χ3v) is 3.89. The van der Waals surface area contributed by atoms with Gasteiger partial charge in [0.2, 0.25) is 0 Å². The number of alkyl halides is 1. The number of halogens is 1. The van der Waals surface area contributed by atoms with E-state index in [2.05, 4.69) is 60.1 Å². The molecule has 0 aliphatic rings. The molecule has 1 rings (SSSR count). The topological polar surface area (TPSA) is 0 Å². The molecule has 16 heavy (non-hydrogen) atoms. The van der Waals surface area contributed by atoms with Gasteiger partial charge in [-0.2, -0.15) is 0 Å². The van der Waals surface area contributed by atoms with Crippen LogP contribution in [0.5, 0.6) is 0 Å². The average Bonchev–Trinajstić information content (AvgIpc) is 2.28. The van der Waals surface area contributed by atoms with Crippen LogP contribution in [0, 0.1) is 11.8 Å². The van der Waals surface area contributed by atoms with Crippen LogP contribution in [0.1, 0.15) is 38.7 Å². The Morgan fingerprint density at radius 2 is 1.75 bits per heavy atom. The van der Waals surface area contributed by atoms with Gasteiger partial charge in [0.25, 0.3) is 0 Å². The third kappa shape index (κ3) is 5.69. The molecule has 0 bridgehead atoms. The number of hydrogen-bond acceptors (Lipinski definition) is 0. The molecule has 0 heterocycles. The molecule has 0 radical (unpaired) electrons. The van der Waals surface area contributed by atoms with Crippen molar-refractivity contribution < 1.29 is 0 Å². The highest BCUT2D eigenvalue weighted by molar-refractivity contribution is 9.09. The second-order valence-electron chi connectivity index (χ2n) is 5.03. The summed E-state index contributed by atoms with van der Waals surface area (Å²) in [4.78, 5) is 0. The van der Waals surface area contributed by atoms with E-state index in [1.165, 1.54) is 31.2 Å². The quantitative estimate of drug-likeness (QED) is 0.613. The summed E-state index contributed by atoms with van der Waals surface area (Å²) in [5.74, 6) is 1.63. The summed E-state index contributed by atoms with van der Waals surface area (Å²) in [5, 5.41) is 1.12. The van der Waals surface area contributed by atoms with Crippen LogP contribution in [0.4, 0.5) is 0 Å². The molecule has 90 valence electrons. The largest absolute Gasteiger partial charge is 0.0925 e. The summed E-state index contributed by atoms with van der Waals surface area (Å²) in [6.45, 7) is 4.61. The average molecular weight is 283 g/mol. The molecule has 1 atom stereocenters. The Morgan fingerprint density at radius 3 is 2.31 bits per heavy atom. The van der Waals surface area contributed by atoms with E-state index in [9.17, 15) is 0 Å². The Labute approximate surface area is 109 Å². The first-order valence-corrected chi connectivity index (χ1v) is 7.44. The molecular weight excluding hydrogens is 260 g/mol. The molecular formula is C15H23Br. The zero-order valence-corrected chi connectivity index (χ0v) is 12.0. The van der Waals surface area contributed by atoms with Gasteiger partial charge in [-0.15, -0.1) is 0 Å². The summed E-state index contributed by atoms with van der Waals surface area (Å²) in [6.07, 6.45) is 5.28. The highest BCUT2D eigenvalue weighted by Crippen LogP contribution is 2.19. The minimum absolute atomic E-state index is 0.793. The zero-order chi connectivity index (χ0) is 11.8. The fraction of sp³-hybridized carbons (Fsp3) is 0.600. The first-order chi connectivity index (χ1) is 7.72. The van der Waals surface area contributed by atoms with Crippen LogP contribution in [0.2, 0.25) is 0 Å². The first-order valence-electron chi connectivity index (χ1n) is 6.32. The summed E-state index contributed by atoms with van der Waals surface area (Å²) in [6, 6.07) is 10.8. The fourth-order valence-corrected chi connectivity index (χ4v) is 2.55. The molecule has 1 aromatic carbocycles. The number of rotatable bonds is 7. The molecule has 0 spiro atoms. The van der Waals surface area contributed by atoms with Crippen molar-refractivity contribution in [2.45, 2.75) is 39.5 Å². The molecule has 1 aromatic rings. The maximum Gasteiger partial charge on any atom is 0.00628 e. The second kappa shape index (κ2) is 7.89. The van der Waals surface area contributed by atoms with Gasteiger partial charge < -0.3 is 0 Å². The monoisotopic (exact) mass is 282 g/mol. The summed E-state index contributed by atoms with van der Waals surface area (Å²) in [5.41, 5.74) is 1.47. The zero-order valence-electron chi connectivity index (χ0n) is 10.5. The van der Waals surface area contributed by atoms with Crippen LogP contribution in [0.3, 0.4) is 0 Å². The van der Waals surface area contributed by atoms with E-state index < -0.39 is 0 Å². The molecule has 0 saturated carbocycles. The van der Waals surface area contributed by atoms with Gasteiger partial charge in [-0.1, -0.05) is 73.0 Å². The maximum atomic E-state index is 3.64. The summed E-state index contributed by atoms with van der Waals surface area (Å²) < 4.78 is 0. The Bertz CT molecular complexity index is 266. The van der Waals surface area contributed by atoms with E-state index in [-0.39, 0.29) is 0 Å². The SMILES string of the molecule is CC(C)CCCC(CBr)Cc1ccccc1. The van der Waals surface area contributed by atoms with Gasteiger partial charge in [-0.3, -0.25) is 0 Å². The highest BCUT2D eigenvalue weighted by atomic mass is 79.9. The van der Waals surface area contributed by atoms with Gasteiger partial charge >= 0.3 is 0 Å². The van der Waals surface area contributed by atoms with Crippen LogP contribution in [-0.4, -0.2) is 5.33 Å². The van der Waals surface area contributed by atoms with E-state index in [0.29, 0.717) is 0 Å². The van der Waals surface area contributed by atoms with Gasteiger partial charge in [0.15, 0.2) is 0 Å². The molecule has 0 saturated heterocycles. The fourth-order valence-electron chi connectivity index (χ4n) is 2.00. The number of benzene rings is 1. The van der Waals surface area contributed by atoms with E-state index >= 15 is 0 Å². The highest BCUT2D eigenvalue weighted by Gasteiger charge is 2.08. The van der Waals surface area contributed by atoms with E-state index in [1.54, 1.807) is 0 Å². The number of hydrogen-bond donors (Lipinski definition) is 0. The van der Waals surface area contributed by atoms with Gasteiger partial charge in [-0.25, -0.2) is 0 Å². The van der Waals surface area contributed by atoms with Crippen molar-refractivity contribution in [3.05, 3.63) is 35.9 Å². The van der Waals surface area contributed by atoms with Gasteiger partial charge in [-0.05, 0) is 30.2 Å². The van der Waals surface area contributed by atoms with Crippen LogP contribution >= 0.6 is 15.9 Å². The molecule has 1 unspecified atom stereocenters. The lowest BCUT2D eigenvalue weighted by Gasteiger charge is -2.14. The first kappa shape index (κ1) is 13.8. The van der Waals surface area contributed by atoms with E-state index in [1.807, 2.05) is 0 Å². The Hall–Kier alpha value is -0.300. The molecule has 0 aliphatic heterocycles. The standard InChI is InChI=1S/C15H23Br/c1-13(2)7-6-10-15(12-16)11-14-8-4-3-5-9-14/h3-5,8-9,13,15H,6-7,10-12H2,1-2H3. The molecule has 0 N–H and O–H groups in total. The molecule has 0 amide bonds. The van der Waals surface area contributed by atoms with Gasteiger partial charge in [0, 0.05) is 5.33 Å². The molecule has 0 aliphatic carbocycles. The van der Waals surface area contributed by atoms with Crippen molar-refractivity contribution in [2.24, 2.45) is 11.8 Å². The van der Waals surface area contributed by atoms with Crippen LogP contribution < -0.4 is 0 Å².